The van der Waals surface area contributed by atoms with Gasteiger partial charge in [-0.2, -0.15) is 0 Å². The van der Waals surface area contributed by atoms with Crippen LogP contribution in [0.15, 0.2) is 66.1 Å². The van der Waals surface area contributed by atoms with Crippen molar-refractivity contribution < 1.29 is 22.7 Å². The molecule has 208 valence electrons. The van der Waals surface area contributed by atoms with Crippen LogP contribution < -0.4 is 20.2 Å². The van der Waals surface area contributed by atoms with E-state index in [1.807, 2.05) is 32.0 Å². The zero-order valence-corrected chi connectivity index (χ0v) is 24.2. The number of sulfonamides is 1. The predicted molar refractivity (Wildman–Crippen MR) is 159 cm³/mol. The fraction of sp³-hybridized carbons (Fsp3) is 0.207. The average Bonchev–Trinajstić information content (AvgIpc) is 3.38. The summed E-state index contributed by atoms with van der Waals surface area (Å²) in [5.74, 6) is -0.136. The topological polar surface area (TPSA) is 124 Å². The molecule has 2 heterocycles. The minimum atomic E-state index is -3.61. The fourth-order valence-electron chi connectivity index (χ4n) is 4.12. The number of thiophene rings is 1. The zero-order chi connectivity index (χ0) is 29.2. The third-order valence-corrected chi connectivity index (χ3v) is 8.61. The van der Waals surface area contributed by atoms with Crippen LogP contribution in [-0.2, 0) is 10.0 Å². The highest BCUT2D eigenvalue weighted by Crippen LogP contribution is 2.37. The number of fused-ring (bicyclic) bond motifs is 1. The summed E-state index contributed by atoms with van der Waals surface area (Å²) in [6, 6.07) is 12.0. The first kappa shape index (κ1) is 28.8. The molecule has 0 spiro atoms. The second-order valence-corrected chi connectivity index (χ2v) is 12.1. The van der Waals surface area contributed by atoms with E-state index in [9.17, 15) is 22.8 Å². The number of carbonyl (C=O) groups excluding carboxylic acids is 2. The summed E-state index contributed by atoms with van der Waals surface area (Å²) in [7, 11) is -3.61. The van der Waals surface area contributed by atoms with E-state index in [0.717, 1.165) is 28.5 Å². The van der Waals surface area contributed by atoms with Crippen LogP contribution in [0.2, 0.25) is 0 Å². The molecule has 11 heteroatoms. The van der Waals surface area contributed by atoms with Gasteiger partial charge in [-0.15, -0.1) is 11.3 Å². The second-order valence-electron chi connectivity index (χ2n) is 9.01. The Morgan fingerprint density at radius 3 is 2.42 bits per heavy atom. The highest BCUT2D eigenvalue weighted by Gasteiger charge is 2.22. The molecule has 2 N–H and O–H groups in total. The van der Waals surface area contributed by atoms with E-state index in [1.165, 1.54) is 13.1 Å². The number of ether oxygens (including phenoxy) is 1. The number of anilines is 1. The van der Waals surface area contributed by atoms with Gasteiger partial charge in [-0.05, 0) is 69.2 Å². The number of aryl methyl sites for hydroxylation is 2. The Bertz CT molecular complexity index is 1800. The Balaban J connectivity index is 2.06. The summed E-state index contributed by atoms with van der Waals surface area (Å²) < 4.78 is 35.4. The number of allylic oxidation sites excluding steroid dienone is 1. The van der Waals surface area contributed by atoms with Crippen LogP contribution >= 0.6 is 11.3 Å². The highest BCUT2D eigenvalue weighted by atomic mass is 32.2. The van der Waals surface area contributed by atoms with Crippen molar-refractivity contribution >= 4 is 49.0 Å². The maximum Gasteiger partial charge on any atom is 0.261 e. The standard InChI is InChI=1S/C29H29N3O6S2/c1-6-23(33)20-16-32(22-15-25(29(35)30-7-2)39-28(22)26(20)34)21-14-19(31-40(36,37)8-3)12-13-24(21)38-27-17(4)10-9-11-18(27)5/h6,9-16,31H,1,7-8H2,2-5H3,(H,30,35). The number of hydrogen-bond donors (Lipinski definition) is 2. The van der Waals surface area contributed by atoms with Gasteiger partial charge in [0.25, 0.3) is 5.91 Å². The molecular formula is C29H29N3O6S2. The molecule has 0 saturated carbocycles. The molecule has 9 nitrogen and oxygen atoms in total. The number of para-hydroxylation sites is 1. The van der Waals surface area contributed by atoms with Crippen LogP contribution in [0.25, 0.3) is 15.9 Å². The number of aromatic nitrogens is 1. The van der Waals surface area contributed by atoms with Crippen LogP contribution in [0.3, 0.4) is 0 Å². The van der Waals surface area contributed by atoms with Gasteiger partial charge >= 0.3 is 0 Å². The molecule has 0 radical (unpaired) electrons. The normalized spacial score (nSPS) is 11.3. The monoisotopic (exact) mass is 579 g/mol. The van der Waals surface area contributed by atoms with Crippen molar-refractivity contribution in [2.75, 3.05) is 17.0 Å². The number of carbonyl (C=O) groups is 2. The van der Waals surface area contributed by atoms with Gasteiger partial charge in [0.15, 0.2) is 11.5 Å². The van der Waals surface area contributed by atoms with Crippen molar-refractivity contribution in [3.8, 4) is 17.2 Å². The summed E-state index contributed by atoms with van der Waals surface area (Å²) in [5, 5.41) is 2.72. The van der Waals surface area contributed by atoms with E-state index in [1.54, 1.807) is 35.8 Å². The lowest BCUT2D eigenvalue weighted by atomic mass is 10.1. The van der Waals surface area contributed by atoms with E-state index in [-0.39, 0.29) is 32.5 Å². The van der Waals surface area contributed by atoms with Gasteiger partial charge in [-0.3, -0.25) is 19.1 Å². The molecule has 0 bridgehead atoms. The molecule has 2 aromatic heterocycles. The van der Waals surface area contributed by atoms with Gasteiger partial charge < -0.3 is 14.6 Å². The molecule has 4 rings (SSSR count). The number of nitrogens with zero attached hydrogens (tertiary/aromatic N) is 1. The van der Waals surface area contributed by atoms with Crippen molar-refractivity contribution in [3.63, 3.8) is 0 Å². The first-order valence-electron chi connectivity index (χ1n) is 12.5. The number of rotatable bonds is 10. The molecule has 1 amide bonds. The number of ketones is 1. The SMILES string of the molecule is C=CC(=O)c1cn(-c2cc(NS(=O)(=O)CC)ccc2Oc2c(C)cccc2C)c2cc(C(=O)NCC)sc2c1=O. The maximum atomic E-state index is 13.3. The van der Waals surface area contributed by atoms with Crippen LogP contribution in [0, 0.1) is 13.8 Å². The molecule has 0 aliphatic carbocycles. The van der Waals surface area contributed by atoms with Gasteiger partial charge in [0.05, 0.1) is 33.1 Å². The smallest absolute Gasteiger partial charge is 0.261 e. The number of hydrogen-bond acceptors (Lipinski definition) is 7. The second kappa shape index (κ2) is 11.5. The first-order chi connectivity index (χ1) is 19.0. The first-order valence-corrected chi connectivity index (χ1v) is 15.0. The summed E-state index contributed by atoms with van der Waals surface area (Å²) in [6.45, 7) is 11.0. The van der Waals surface area contributed by atoms with Crippen molar-refractivity contribution in [2.45, 2.75) is 27.7 Å². The van der Waals surface area contributed by atoms with Crippen LogP contribution in [0.5, 0.6) is 11.5 Å². The Labute approximate surface area is 236 Å². The quantitative estimate of drug-likeness (QED) is 0.193. The molecular weight excluding hydrogens is 550 g/mol. The molecule has 0 atom stereocenters. The molecule has 0 aliphatic rings. The molecule has 0 fully saturated rings. The lowest BCUT2D eigenvalue weighted by molar-refractivity contribution is 0.0959. The summed E-state index contributed by atoms with van der Waals surface area (Å²) >= 11 is 0.971. The minimum Gasteiger partial charge on any atom is -0.455 e. The third-order valence-electron chi connectivity index (χ3n) is 6.19. The Morgan fingerprint density at radius 2 is 1.80 bits per heavy atom. The van der Waals surface area contributed by atoms with Gasteiger partial charge in [-0.25, -0.2) is 8.42 Å². The number of pyridine rings is 1. The Kier molecular flexibility index (Phi) is 8.26. The van der Waals surface area contributed by atoms with Crippen molar-refractivity contribution in [1.82, 2.24) is 9.88 Å². The lowest BCUT2D eigenvalue weighted by Gasteiger charge is -2.19. The minimum absolute atomic E-state index is 0.135. The van der Waals surface area contributed by atoms with Crippen molar-refractivity contribution in [1.29, 1.82) is 0 Å². The Morgan fingerprint density at radius 1 is 1.10 bits per heavy atom. The van der Waals surface area contributed by atoms with Crippen molar-refractivity contribution in [3.05, 3.63) is 93.1 Å². The molecule has 0 saturated heterocycles. The van der Waals surface area contributed by atoms with Crippen molar-refractivity contribution in [2.24, 2.45) is 0 Å². The Hall–Kier alpha value is -4.22. The summed E-state index contributed by atoms with van der Waals surface area (Å²) in [6.07, 6.45) is 2.42. The van der Waals surface area contributed by atoms with Crippen LogP contribution in [0.4, 0.5) is 5.69 Å². The van der Waals surface area contributed by atoms with E-state index in [0.29, 0.717) is 29.2 Å². The van der Waals surface area contributed by atoms with Gasteiger partial charge in [-0.1, -0.05) is 24.8 Å². The highest BCUT2D eigenvalue weighted by molar-refractivity contribution is 7.92. The van der Waals surface area contributed by atoms with Gasteiger partial charge in [0, 0.05) is 12.7 Å². The zero-order valence-electron chi connectivity index (χ0n) is 22.5. The number of nitrogens with one attached hydrogen (secondary N) is 2. The fourth-order valence-corrected chi connectivity index (χ4v) is 5.77. The number of amides is 1. The van der Waals surface area contributed by atoms with Gasteiger partial charge in [0.2, 0.25) is 15.5 Å². The van der Waals surface area contributed by atoms with Crippen LogP contribution in [-0.4, -0.2) is 37.0 Å². The molecule has 40 heavy (non-hydrogen) atoms. The molecule has 0 aliphatic heterocycles. The van der Waals surface area contributed by atoms with E-state index in [4.69, 9.17) is 4.74 Å². The number of benzene rings is 2. The molecule has 4 aromatic rings. The molecule has 2 aromatic carbocycles. The van der Waals surface area contributed by atoms with E-state index < -0.39 is 21.2 Å². The predicted octanol–water partition coefficient (Wildman–Crippen LogP) is 5.34. The average molecular weight is 580 g/mol. The molecule has 0 unspecified atom stereocenters. The largest absolute Gasteiger partial charge is 0.455 e. The lowest BCUT2D eigenvalue weighted by Crippen LogP contribution is -2.21. The van der Waals surface area contributed by atoms with Gasteiger partial charge in [0.1, 0.15) is 10.4 Å². The van der Waals surface area contributed by atoms with E-state index in [2.05, 4.69) is 16.6 Å². The maximum absolute atomic E-state index is 13.3. The third kappa shape index (κ3) is 5.70. The summed E-state index contributed by atoms with van der Waals surface area (Å²) in [5.41, 5.74) is 2.04. The van der Waals surface area contributed by atoms with Crippen LogP contribution in [0.1, 0.15) is 45.0 Å². The summed E-state index contributed by atoms with van der Waals surface area (Å²) in [4.78, 5) is 39.0. The van der Waals surface area contributed by atoms with E-state index >= 15 is 0 Å².